The van der Waals surface area contributed by atoms with Gasteiger partial charge in [0.1, 0.15) is 0 Å². The van der Waals surface area contributed by atoms with Gasteiger partial charge < -0.3 is 9.64 Å². The number of nitrogens with zero attached hydrogens (tertiary/aromatic N) is 2. The van der Waals surface area contributed by atoms with Crippen LogP contribution in [0.15, 0.2) is 18.3 Å². The van der Waals surface area contributed by atoms with Crippen molar-refractivity contribution >= 4 is 6.41 Å². The van der Waals surface area contributed by atoms with Gasteiger partial charge in [-0.3, -0.25) is 4.79 Å². The molecule has 98 valence electrons. The molecule has 0 aliphatic carbocycles. The Bertz CT molecular complexity index is 389. The zero-order valence-electron chi connectivity index (χ0n) is 11.0. The summed E-state index contributed by atoms with van der Waals surface area (Å²) >= 11 is 0. The van der Waals surface area contributed by atoms with Gasteiger partial charge in [-0.15, -0.1) is 0 Å². The lowest BCUT2D eigenvalue weighted by atomic mass is 9.97. The summed E-state index contributed by atoms with van der Waals surface area (Å²) in [6.45, 7) is 4.80. The molecule has 1 saturated heterocycles. The number of rotatable bonds is 4. The Kier molecular flexibility index (Phi) is 4.18. The smallest absolute Gasteiger partial charge is 0.213 e. The molecule has 1 aromatic heterocycles. The predicted molar refractivity (Wildman–Crippen MR) is 69.4 cm³/mol. The van der Waals surface area contributed by atoms with Crippen LogP contribution in [0.1, 0.15) is 44.7 Å². The molecule has 1 aliphatic rings. The van der Waals surface area contributed by atoms with E-state index in [-0.39, 0.29) is 12.1 Å². The van der Waals surface area contributed by atoms with Gasteiger partial charge in [0, 0.05) is 18.8 Å². The summed E-state index contributed by atoms with van der Waals surface area (Å²) in [5.41, 5.74) is 1.10. The third-order valence-corrected chi connectivity index (χ3v) is 3.18. The van der Waals surface area contributed by atoms with Crippen molar-refractivity contribution in [2.75, 3.05) is 6.54 Å². The number of hydrogen-bond donors (Lipinski definition) is 0. The van der Waals surface area contributed by atoms with Gasteiger partial charge in [0.25, 0.3) is 0 Å². The van der Waals surface area contributed by atoms with E-state index in [2.05, 4.69) is 4.98 Å². The molecule has 1 atom stereocenters. The van der Waals surface area contributed by atoms with Gasteiger partial charge >= 0.3 is 0 Å². The second-order valence-electron chi connectivity index (χ2n) is 4.95. The van der Waals surface area contributed by atoms with Crippen LogP contribution in [-0.4, -0.2) is 28.9 Å². The second kappa shape index (κ2) is 5.85. The van der Waals surface area contributed by atoms with Gasteiger partial charge in [-0.2, -0.15) is 0 Å². The Morgan fingerprint density at radius 3 is 2.89 bits per heavy atom. The van der Waals surface area contributed by atoms with Crippen molar-refractivity contribution in [2.24, 2.45) is 0 Å². The van der Waals surface area contributed by atoms with E-state index < -0.39 is 0 Å². The summed E-state index contributed by atoms with van der Waals surface area (Å²) in [6.07, 6.45) is 6.18. The van der Waals surface area contributed by atoms with Gasteiger partial charge in [0.15, 0.2) is 0 Å². The minimum atomic E-state index is 0.129. The topological polar surface area (TPSA) is 42.4 Å². The van der Waals surface area contributed by atoms with Crippen molar-refractivity contribution in [3.63, 3.8) is 0 Å². The molecule has 18 heavy (non-hydrogen) atoms. The summed E-state index contributed by atoms with van der Waals surface area (Å²) < 4.78 is 5.52. The lowest BCUT2D eigenvalue weighted by molar-refractivity contribution is -0.121. The molecule has 2 rings (SSSR count). The number of hydrogen-bond acceptors (Lipinski definition) is 3. The van der Waals surface area contributed by atoms with Gasteiger partial charge in [-0.25, -0.2) is 4.98 Å². The fraction of sp³-hybridized carbons (Fsp3) is 0.571. The number of ether oxygens (including phenoxy) is 1. The normalized spacial score (nSPS) is 19.9. The van der Waals surface area contributed by atoms with Gasteiger partial charge in [-0.1, -0.05) is 6.07 Å². The Labute approximate surface area is 108 Å². The van der Waals surface area contributed by atoms with E-state index in [9.17, 15) is 4.79 Å². The van der Waals surface area contributed by atoms with E-state index in [1.165, 1.54) is 6.42 Å². The Hall–Kier alpha value is -1.58. The lowest BCUT2D eigenvalue weighted by Crippen LogP contribution is -2.32. The minimum Gasteiger partial charge on any atom is -0.475 e. The summed E-state index contributed by atoms with van der Waals surface area (Å²) in [4.78, 5) is 17.2. The van der Waals surface area contributed by atoms with Crippen molar-refractivity contribution in [3.8, 4) is 5.88 Å². The van der Waals surface area contributed by atoms with Gasteiger partial charge in [-0.05, 0) is 38.7 Å². The zero-order chi connectivity index (χ0) is 13.0. The van der Waals surface area contributed by atoms with Gasteiger partial charge in [0.05, 0.1) is 12.1 Å². The van der Waals surface area contributed by atoms with Crippen molar-refractivity contribution < 1.29 is 9.53 Å². The van der Waals surface area contributed by atoms with Crippen LogP contribution in [0.3, 0.4) is 0 Å². The molecule has 0 spiro atoms. The Morgan fingerprint density at radius 2 is 2.28 bits per heavy atom. The molecule has 0 saturated carbocycles. The van der Waals surface area contributed by atoms with Crippen molar-refractivity contribution in [2.45, 2.75) is 45.3 Å². The van der Waals surface area contributed by atoms with E-state index in [0.29, 0.717) is 5.88 Å². The molecule has 0 unspecified atom stereocenters. The molecule has 1 aliphatic heterocycles. The lowest BCUT2D eigenvalue weighted by Gasteiger charge is -2.32. The third-order valence-electron chi connectivity index (χ3n) is 3.18. The van der Waals surface area contributed by atoms with E-state index >= 15 is 0 Å². The highest BCUT2D eigenvalue weighted by molar-refractivity contribution is 5.49. The molecule has 4 nitrogen and oxygen atoms in total. The first-order valence-corrected chi connectivity index (χ1v) is 6.54. The minimum absolute atomic E-state index is 0.129. The highest BCUT2D eigenvalue weighted by Crippen LogP contribution is 2.29. The molecular weight excluding hydrogens is 228 g/mol. The number of pyridine rings is 1. The highest BCUT2D eigenvalue weighted by atomic mass is 16.5. The summed E-state index contributed by atoms with van der Waals surface area (Å²) in [5.74, 6) is 0.641. The number of carbonyl (C=O) groups is 1. The first-order valence-electron chi connectivity index (χ1n) is 6.54. The van der Waals surface area contributed by atoms with Crippen LogP contribution in [0, 0.1) is 0 Å². The van der Waals surface area contributed by atoms with Crippen LogP contribution >= 0.6 is 0 Å². The predicted octanol–water partition coefficient (Wildman–Crippen LogP) is 2.55. The number of carbonyl (C=O) groups excluding carboxylic acids is 1. The maximum atomic E-state index is 11.0. The number of piperidine rings is 1. The third kappa shape index (κ3) is 3.00. The standard InChI is InChI=1S/C14H20N2O2/c1-11(2)18-14-7-6-12(9-15-14)13-5-3-4-8-16(13)10-17/h6-7,9-11,13H,3-5,8H2,1-2H3/t13-/m0/s1. The summed E-state index contributed by atoms with van der Waals surface area (Å²) in [5, 5.41) is 0. The number of aromatic nitrogens is 1. The SMILES string of the molecule is CC(C)Oc1ccc([C@@H]2CCCCN2C=O)cn1. The van der Waals surface area contributed by atoms with Crippen molar-refractivity contribution in [1.82, 2.24) is 9.88 Å². The molecule has 1 aromatic rings. The maximum Gasteiger partial charge on any atom is 0.213 e. The van der Waals surface area contributed by atoms with E-state index in [1.807, 2.05) is 37.1 Å². The Balaban J connectivity index is 2.10. The molecule has 1 amide bonds. The zero-order valence-corrected chi connectivity index (χ0v) is 11.0. The first-order chi connectivity index (χ1) is 8.70. The first kappa shape index (κ1) is 12.9. The van der Waals surface area contributed by atoms with Crippen LogP contribution in [0.2, 0.25) is 0 Å². The molecular formula is C14H20N2O2. The fourth-order valence-corrected chi connectivity index (χ4v) is 2.34. The quantitative estimate of drug-likeness (QED) is 0.769. The number of amides is 1. The number of likely N-dealkylation sites (tertiary alicyclic amines) is 1. The molecule has 4 heteroatoms. The van der Waals surface area contributed by atoms with Crippen LogP contribution in [0.25, 0.3) is 0 Å². The van der Waals surface area contributed by atoms with Crippen LogP contribution in [0.5, 0.6) is 5.88 Å². The summed E-state index contributed by atoms with van der Waals surface area (Å²) in [7, 11) is 0. The molecule has 0 bridgehead atoms. The molecule has 1 fully saturated rings. The second-order valence-corrected chi connectivity index (χ2v) is 4.95. The van der Waals surface area contributed by atoms with Crippen LogP contribution in [0.4, 0.5) is 0 Å². The van der Waals surface area contributed by atoms with Crippen LogP contribution < -0.4 is 4.74 Å². The average Bonchev–Trinajstić information content (AvgIpc) is 2.39. The molecule has 0 radical (unpaired) electrons. The average molecular weight is 248 g/mol. The summed E-state index contributed by atoms with van der Waals surface area (Å²) in [6, 6.07) is 4.07. The van der Waals surface area contributed by atoms with E-state index in [0.717, 1.165) is 31.4 Å². The van der Waals surface area contributed by atoms with Crippen molar-refractivity contribution in [3.05, 3.63) is 23.9 Å². The van der Waals surface area contributed by atoms with Crippen molar-refractivity contribution in [1.29, 1.82) is 0 Å². The highest BCUT2D eigenvalue weighted by Gasteiger charge is 2.22. The maximum absolute atomic E-state index is 11.0. The monoisotopic (exact) mass is 248 g/mol. The molecule has 0 N–H and O–H groups in total. The van der Waals surface area contributed by atoms with E-state index in [4.69, 9.17) is 4.74 Å². The molecule has 2 heterocycles. The van der Waals surface area contributed by atoms with E-state index in [1.54, 1.807) is 0 Å². The van der Waals surface area contributed by atoms with Gasteiger partial charge in [0.2, 0.25) is 12.3 Å². The van der Waals surface area contributed by atoms with Crippen LogP contribution in [-0.2, 0) is 4.79 Å². The fourth-order valence-electron chi connectivity index (χ4n) is 2.34. The Morgan fingerprint density at radius 1 is 1.44 bits per heavy atom. The molecule has 0 aromatic carbocycles. The largest absolute Gasteiger partial charge is 0.475 e.